The number of Topliss-reactive ketones (excluding diaryl/α,β-unsaturated/α-hetero) is 1. The average Bonchev–Trinajstić information content (AvgIpc) is 3.54. The number of nitrogens with zero attached hydrogens (tertiary/aromatic N) is 2. The van der Waals surface area contributed by atoms with Gasteiger partial charge in [-0.25, -0.2) is 9.78 Å². The van der Waals surface area contributed by atoms with Gasteiger partial charge in [-0.2, -0.15) is 0 Å². The van der Waals surface area contributed by atoms with Crippen molar-refractivity contribution in [3.05, 3.63) is 96.2 Å². The van der Waals surface area contributed by atoms with Crippen molar-refractivity contribution in [1.82, 2.24) is 9.88 Å². The maximum absolute atomic E-state index is 13.1. The number of ketones is 1. The van der Waals surface area contributed by atoms with Crippen molar-refractivity contribution in [2.24, 2.45) is 5.92 Å². The normalized spacial score (nSPS) is 17.7. The van der Waals surface area contributed by atoms with E-state index in [-0.39, 0.29) is 36.0 Å². The van der Waals surface area contributed by atoms with Crippen LogP contribution in [-0.2, 0) is 11.3 Å². The lowest BCUT2D eigenvalue weighted by Gasteiger charge is -2.21. The van der Waals surface area contributed by atoms with Crippen molar-refractivity contribution in [3.8, 4) is 5.75 Å². The molecule has 2 atom stereocenters. The van der Waals surface area contributed by atoms with Gasteiger partial charge in [-0.05, 0) is 29.4 Å². The van der Waals surface area contributed by atoms with Gasteiger partial charge in [0.05, 0.1) is 11.8 Å². The fourth-order valence-corrected chi connectivity index (χ4v) is 4.56. The monoisotopic (exact) mass is 456 g/mol. The quantitative estimate of drug-likeness (QED) is 0.385. The molecule has 0 unspecified atom stereocenters. The summed E-state index contributed by atoms with van der Waals surface area (Å²) >= 11 is 0. The van der Waals surface area contributed by atoms with Crippen LogP contribution < -0.4 is 0 Å². The second-order valence-corrected chi connectivity index (χ2v) is 8.49. The molecule has 1 aliphatic heterocycles. The molecule has 4 aromatic rings. The zero-order valence-corrected chi connectivity index (χ0v) is 18.5. The van der Waals surface area contributed by atoms with Crippen molar-refractivity contribution in [2.45, 2.75) is 25.5 Å². The molecule has 2 heterocycles. The number of fused-ring (bicyclic) bond motifs is 1. The summed E-state index contributed by atoms with van der Waals surface area (Å²) in [4.78, 5) is 31.9. The van der Waals surface area contributed by atoms with Gasteiger partial charge in [0.25, 0.3) is 0 Å². The molecule has 1 aromatic heterocycles. The van der Waals surface area contributed by atoms with E-state index >= 15 is 0 Å². The third kappa shape index (κ3) is 4.37. The van der Waals surface area contributed by atoms with E-state index in [4.69, 9.17) is 9.15 Å². The first kappa shape index (κ1) is 21.7. The first-order valence-electron chi connectivity index (χ1n) is 11.2. The van der Waals surface area contributed by atoms with E-state index < -0.39 is 12.1 Å². The Morgan fingerprint density at radius 1 is 1.06 bits per heavy atom. The van der Waals surface area contributed by atoms with Crippen LogP contribution in [-0.4, -0.2) is 33.4 Å². The maximum atomic E-state index is 13.1. The van der Waals surface area contributed by atoms with Gasteiger partial charge in [0, 0.05) is 18.4 Å². The van der Waals surface area contributed by atoms with Gasteiger partial charge in [-0.15, -0.1) is 0 Å². The Morgan fingerprint density at radius 3 is 2.65 bits per heavy atom. The summed E-state index contributed by atoms with van der Waals surface area (Å²) in [6.07, 6.45) is 3.23. The van der Waals surface area contributed by atoms with Gasteiger partial charge in [0.1, 0.15) is 24.7 Å². The molecule has 0 bridgehead atoms. The zero-order valence-electron chi connectivity index (χ0n) is 18.5. The molecule has 1 N–H and O–H groups in total. The predicted molar refractivity (Wildman–Crippen MR) is 125 cm³/mol. The first-order chi connectivity index (χ1) is 16.6. The third-order valence-corrected chi connectivity index (χ3v) is 6.24. The second kappa shape index (κ2) is 9.39. The fourth-order valence-electron chi connectivity index (χ4n) is 4.56. The molecule has 7 heteroatoms. The van der Waals surface area contributed by atoms with E-state index in [9.17, 15) is 14.7 Å². The van der Waals surface area contributed by atoms with Gasteiger partial charge in [-0.3, -0.25) is 9.69 Å². The minimum Gasteiger partial charge on any atom is -0.507 e. The summed E-state index contributed by atoms with van der Waals surface area (Å²) in [5.41, 5.74) is 1.18. The standard InChI is InChI=1S/C27H24N2O5/c30-24(22-11-10-20-8-4-5-9-21(20)25(22)31)15-19-14-23(26-28-12-13-33-26)29(16-19)27(32)34-17-18-6-2-1-3-7-18/h1-13,19,23,31H,14-17H2/t19-,23+/m1/s1. The molecule has 1 aliphatic rings. The minimum absolute atomic E-state index is 0.00975. The Labute approximate surface area is 196 Å². The molecular weight excluding hydrogens is 432 g/mol. The predicted octanol–water partition coefficient (Wildman–Crippen LogP) is 5.51. The van der Waals surface area contributed by atoms with E-state index in [1.165, 1.54) is 12.5 Å². The number of benzene rings is 3. The van der Waals surface area contributed by atoms with Crippen LogP contribution in [0.25, 0.3) is 10.8 Å². The zero-order chi connectivity index (χ0) is 23.5. The SMILES string of the molecule is O=C(C[C@H]1C[C@@H](c2ncco2)N(C(=O)OCc2ccccc2)C1)c1ccc2ccccc2c1O. The highest BCUT2D eigenvalue weighted by Crippen LogP contribution is 2.38. The molecule has 1 saturated heterocycles. The van der Waals surface area contributed by atoms with Crippen LogP contribution in [0.4, 0.5) is 4.79 Å². The van der Waals surface area contributed by atoms with Crippen molar-refractivity contribution in [3.63, 3.8) is 0 Å². The van der Waals surface area contributed by atoms with E-state index in [1.54, 1.807) is 17.0 Å². The van der Waals surface area contributed by atoms with Crippen LogP contribution in [0, 0.1) is 5.92 Å². The van der Waals surface area contributed by atoms with Crippen LogP contribution in [0.2, 0.25) is 0 Å². The summed E-state index contributed by atoms with van der Waals surface area (Å²) < 4.78 is 11.0. The molecule has 1 amide bonds. The van der Waals surface area contributed by atoms with Crippen LogP contribution in [0.15, 0.2) is 83.6 Å². The van der Waals surface area contributed by atoms with Crippen molar-refractivity contribution < 1.29 is 23.8 Å². The van der Waals surface area contributed by atoms with Crippen LogP contribution in [0.1, 0.15) is 40.7 Å². The lowest BCUT2D eigenvalue weighted by Crippen LogP contribution is -2.32. The highest BCUT2D eigenvalue weighted by molar-refractivity contribution is 6.04. The highest BCUT2D eigenvalue weighted by Gasteiger charge is 2.40. The van der Waals surface area contributed by atoms with Crippen molar-refractivity contribution >= 4 is 22.6 Å². The summed E-state index contributed by atoms with van der Waals surface area (Å²) in [7, 11) is 0. The average molecular weight is 456 g/mol. The van der Waals surface area contributed by atoms with Crippen molar-refractivity contribution in [1.29, 1.82) is 0 Å². The van der Waals surface area contributed by atoms with Gasteiger partial charge < -0.3 is 14.3 Å². The smallest absolute Gasteiger partial charge is 0.410 e. The largest absolute Gasteiger partial charge is 0.507 e. The van der Waals surface area contributed by atoms with Crippen LogP contribution >= 0.6 is 0 Å². The Morgan fingerprint density at radius 2 is 1.85 bits per heavy atom. The number of oxazole rings is 1. The molecule has 0 radical (unpaired) electrons. The number of phenolic OH excluding ortho intramolecular Hbond substituents is 1. The minimum atomic E-state index is -0.476. The number of carbonyl (C=O) groups excluding carboxylic acids is 2. The second-order valence-electron chi connectivity index (χ2n) is 8.49. The fraction of sp³-hybridized carbons (Fsp3) is 0.222. The lowest BCUT2D eigenvalue weighted by atomic mass is 9.94. The van der Waals surface area contributed by atoms with Crippen LogP contribution in [0.3, 0.4) is 0 Å². The molecule has 34 heavy (non-hydrogen) atoms. The number of aromatic hydroxyl groups is 1. The van der Waals surface area contributed by atoms with E-state index in [2.05, 4.69) is 4.98 Å². The molecule has 1 fully saturated rings. The Kier molecular flexibility index (Phi) is 5.99. The van der Waals surface area contributed by atoms with Gasteiger partial charge in [0.15, 0.2) is 5.78 Å². The van der Waals surface area contributed by atoms with Gasteiger partial charge >= 0.3 is 6.09 Å². The lowest BCUT2D eigenvalue weighted by molar-refractivity contribution is 0.0858. The molecule has 0 aliphatic carbocycles. The molecule has 0 saturated carbocycles. The number of rotatable bonds is 6. The Balaban J connectivity index is 1.31. The van der Waals surface area contributed by atoms with Gasteiger partial charge in [-0.1, -0.05) is 60.7 Å². The number of hydrogen-bond donors (Lipinski definition) is 1. The summed E-state index contributed by atoms with van der Waals surface area (Å²) in [6.45, 7) is 0.490. The number of hydrogen-bond acceptors (Lipinski definition) is 6. The van der Waals surface area contributed by atoms with Gasteiger partial charge in [0.2, 0.25) is 5.89 Å². The number of aromatic nitrogens is 1. The van der Waals surface area contributed by atoms with E-state index in [1.807, 2.05) is 54.6 Å². The highest BCUT2D eigenvalue weighted by atomic mass is 16.6. The molecule has 3 aromatic carbocycles. The summed E-state index contributed by atoms with van der Waals surface area (Å²) in [6, 6.07) is 19.9. The van der Waals surface area contributed by atoms with Crippen molar-refractivity contribution in [2.75, 3.05) is 6.54 Å². The Hall–Kier alpha value is -4.13. The number of phenols is 1. The maximum Gasteiger partial charge on any atom is 0.410 e. The first-order valence-corrected chi connectivity index (χ1v) is 11.2. The molecule has 5 rings (SSSR count). The summed E-state index contributed by atoms with van der Waals surface area (Å²) in [5, 5.41) is 12.2. The van der Waals surface area contributed by atoms with E-state index in [0.29, 0.717) is 24.2 Å². The number of carbonyl (C=O) groups is 2. The third-order valence-electron chi connectivity index (χ3n) is 6.24. The number of likely N-dealkylation sites (tertiary alicyclic amines) is 1. The topological polar surface area (TPSA) is 92.9 Å². The Bertz CT molecular complexity index is 1300. The number of ether oxygens (including phenoxy) is 1. The van der Waals surface area contributed by atoms with E-state index in [0.717, 1.165) is 10.9 Å². The molecule has 172 valence electrons. The molecule has 7 nitrogen and oxygen atoms in total. The molecule has 0 spiro atoms. The summed E-state index contributed by atoms with van der Waals surface area (Å²) in [5.74, 6) is 0.114. The molecular formula is C27H24N2O5. The number of amides is 1. The van der Waals surface area contributed by atoms with Crippen LogP contribution in [0.5, 0.6) is 5.75 Å².